The highest BCUT2D eigenvalue weighted by molar-refractivity contribution is 5.52. The van der Waals surface area contributed by atoms with Crippen LogP contribution in [0.1, 0.15) is 19.4 Å². The van der Waals surface area contributed by atoms with Crippen LogP contribution in [0.15, 0.2) is 12.3 Å². The summed E-state index contributed by atoms with van der Waals surface area (Å²) < 4.78 is 0. The van der Waals surface area contributed by atoms with Crippen LogP contribution in [0.2, 0.25) is 0 Å². The van der Waals surface area contributed by atoms with Crippen molar-refractivity contribution in [2.45, 2.75) is 26.8 Å². The van der Waals surface area contributed by atoms with E-state index in [0.717, 1.165) is 43.2 Å². The van der Waals surface area contributed by atoms with E-state index in [4.69, 9.17) is 5.73 Å². The van der Waals surface area contributed by atoms with Crippen LogP contribution in [0, 0.1) is 6.92 Å². The highest BCUT2D eigenvalue weighted by Crippen LogP contribution is 2.20. The van der Waals surface area contributed by atoms with Gasteiger partial charge in [-0.25, -0.2) is 4.98 Å². The lowest BCUT2D eigenvalue weighted by Crippen LogP contribution is -2.52. The van der Waals surface area contributed by atoms with E-state index >= 15 is 0 Å². The molecule has 4 heteroatoms. The molecule has 94 valence electrons. The van der Waals surface area contributed by atoms with Crippen molar-refractivity contribution in [3.05, 3.63) is 17.8 Å². The van der Waals surface area contributed by atoms with Gasteiger partial charge in [-0.1, -0.05) is 6.92 Å². The third-order valence-electron chi connectivity index (χ3n) is 3.63. The lowest BCUT2D eigenvalue weighted by atomic mass is 10.1. The average molecular weight is 234 g/mol. The number of likely N-dealkylation sites (N-methyl/N-ethyl adjacent to an activating group) is 1. The van der Waals surface area contributed by atoms with E-state index in [0.29, 0.717) is 6.04 Å². The van der Waals surface area contributed by atoms with Crippen molar-refractivity contribution in [3.63, 3.8) is 0 Å². The monoisotopic (exact) mass is 234 g/mol. The zero-order chi connectivity index (χ0) is 12.4. The fourth-order valence-electron chi connectivity index (χ4n) is 2.40. The lowest BCUT2D eigenvalue weighted by Gasteiger charge is -2.40. The minimum Gasteiger partial charge on any atom is -0.397 e. The smallest absolute Gasteiger partial charge is 0.128 e. The van der Waals surface area contributed by atoms with Crippen LogP contribution in [0.25, 0.3) is 0 Å². The maximum Gasteiger partial charge on any atom is 0.128 e. The second kappa shape index (κ2) is 4.92. The first-order valence-electron chi connectivity index (χ1n) is 6.33. The van der Waals surface area contributed by atoms with Gasteiger partial charge in [0.1, 0.15) is 5.82 Å². The number of aromatic nitrogens is 1. The normalized spacial score (nSPS) is 21.8. The molecule has 0 spiro atoms. The molecule has 4 nitrogen and oxygen atoms in total. The Kier molecular flexibility index (Phi) is 3.52. The van der Waals surface area contributed by atoms with Gasteiger partial charge in [-0.15, -0.1) is 0 Å². The summed E-state index contributed by atoms with van der Waals surface area (Å²) in [5.74, 6) is 1.05. The molecule has 0 radical (unpaired) electrons. The number of anilines is 2. The number of pyridine rings is 1. The third-order valence-corrected chi connectivity index (χ3v) is 3.63. The second-order valence-electron chi connectivity index (χ2n) is 4.82. The first-order chi connectivity index (χ1) is 8.11. The molecule has 2 heterocycles. The summed E-state index contributed by atoms with van der Waals surface area (Å²) in [6.45, 7) is 10.9. The molecule has 1 fully saturated rings. The van der Waals surface area contributed by atoms with E-state index in [-0.39, 0.29) is 0 Å². The molecule has 1 saturated heterocycles. The molecule has 0 amide bonds. The first kappa shape index (κ1) is 12.2. The van der Waals surface area contributed by atoms with Gasteiger partial charge in [0.05, 0.1) is 11.9 Å². The van der Waals surface area contributed by atoms with Crippen LogP contribution < -0.4 is 10.6 Å². The molecule has 1 aromatic rings. The molecule has 1 aromatic heterocycles. The van der Waals surface area contributed by atoms with Crippen LogP contribution in [0.5, 0.6) is 0 Å². The van der Waals surface area contributed by atoms with E-state index in [1.54, 1.807) is 6.20 Å². The molecule has 1 aliphatic heterocycles. The number of nitrogen functional groups attached to an aromatic ring is 1. The Balaban J connectivity index is 2.11. The number of hydrogen-bond donors (Lipinski definition) is 1. The first-order valence-corrected chi connectivity index (χ1v) is 6.33. The summed E-state index contributed by atoms with van der Waals surface area (Å²) in [6, 6.07) is 2.68. The molecular weight excluding hydrogens is 212 g/mol. The van der Waals surface area contributed by atoms with Crippen LogP contribution in [0.3, 0.4) is 0 Å². The Morgan fingerprint density at radius 1 is 1.47 bits per heavy atom. The van der Waals surface area contributed by atoms with E-state index < -0.39 is 0 Å². The summed E-state index contributed by atoms with van der Waals surface area (Å²) in [4.78, 5) is 9.28. The number of rotatable bonds is 2. The predicted molar refractivity (Wildman–Crippen MR) is 72.3 cm³/mol. The summed E-state index contributed by atoms with van der Waals surface area (Å²) in [6.07, 6.45) is 1.77. The molecule has 0 saturated carbocycles. The minimum atomic E-state index is 0.591. The van der Waals surface area contributed by atoms with Crippen molar-refractivity contribution in [2.75, 3.05) is 36.8 Å². The molecule has 0 aromatic carbocycles. The van der Waals surface area contributed by atoms with Gasteiger partial charge in [-0.3, -0.25) is 4.90 Å². The standard InChI is InChI=1S/C13H22N4/c1-4-16-5-6-17(9-11(16)3)13-7-10(2)12(14)8-15-13/h7-8,11H,4-6,9,14H2,1-3H3. The van der Waals surface area contributed by atoms with Crippen molar-refractivity contribution in [1.82, 2.24) is 9.88 Å². The number of hydrogen-bond acceptors (Lipinski definition) is 4. The van der Waals surface area contributed by atoms with Crippen molar-refractivity contribution >= 4 is 11.5 Å². The molecule has 1 atom stereocenters. The lowest BCUT2D eigenvalue weighted by molar-refractivity contribution is 0.199. The maximum absolute atomic E-state index is 5.80. The number of piperazine rings is 1. The van der Waals surface area contributed by atoms with Gasteiger partial charge in [0.15, 0.2) is 0 Å². The molecule has 0 bridgehead atoms. The molecule has 1 unspecified atom stereocenters. The minimum absolute atomic E-state index is 0.591. The summed E-state index contributed by atoms with van der Waals surface area (Å²) in [5.41, 5.74) is 7.68. The van der Waals surface area contributed by atoms with Crippen LogP contribution >= 0.6 is 0 Å². The van der Waals surface area contributed by atoms with Gasteiger partial charge < -0.3 is 10.6 Å². The maximum atomic E-state index is 5.80. The topological polar surface area (TPSA) is 45.4 Å². The van der Waals surface area contributed by atoms with Crippen molar-refractivity contribution in [2.24, 2.45) is 0 Å². The van der Waals surface area contributed by atoms with Crippen molar-refractivity contribution in [3.8, 4) is 0 Å². The Labute approximate surface area is 103 Å². The van der Waals surface area contributed by atoms with Gasteiger partial charge in [0.2, 0.25) is 0 Å². The Morgan fingerprint density at radius 3 is 2.82 bits per heavy atom. The molecule has 2 rings (SSSR count). The molecule has 17 heavy (non-hydrogen) atoms. The van der Waals surface area contributed by atoms with E-state index in [1.165, 1.54) is 0 Å². The zero-order valence-electron chi connectivity index (χ0n) is 11.0. The Bertz CT molecular complexity index is 391. The SMILES string of the molecule is CCN1CCN(c2cc(C)c(N)cn2)CC1C. The zero-order valence-corrected chi connectivity index (χ0v) is 11.0. The van der Waals surface area contributed by atoms with E-state index in [2.05, 4.69) is 34.7 Å². The predicted octanol–water partition coefficient (Wildman–Crippen LogP) is 1.50. The molecular formula is C13H22N4. The highest BCUT2D eigenvalue weighted by Gasteiger charge is 2.23. The highest BCUT2D eigenvalue weighted by atomic mass is 15.3. The van der Waals surface area contributed by atoms with Crippen LogP contribution in [-0.2, 0) is 0 Å². The van der Waals surface area contributed by atoms with Gasteiger partial charge in [0, 0.05) is 25.7 Å². The fourth-order valence-corrected chi connectivity index (χ4v) is 2.40. The van der Waals surface area contributed by atoms with Gasteiger partial charge in [-0.2, -0.15) is 0 Å². The van der Waals surface area contributed by atoms with Gasteiger partial charge >= 0.3 is 0 Å². The number of nitrogens with zero attached hydrogens (tertiary/aromatic N) is 3. The van der Waals surface area contributed by atoms with Gasteiger partial charge in [-0.05, 0) is 32.0 Å². The fraction of sp³-hybridized carbons (Fsp3) is 0.615. The molecule has 1 aliphatic rings. The van der Waals surface area contributed by atoms with Gasteiger partial charge in [0.25, 0.3) is 0 Å². The van der Waals surface area contributed by atoms with Crippen LogP contribution in [-0.4, -0.2) is 42.1 Å². The quantitative estimate of drug-likeness (QED) is 0.842. The number of aryl methyl sites for hydroxylation is 1. The average Bonchev–Trinajstić information content (AvgIpc) is 2.32. The summed E-state index contributed by atoms with van der Waals surface area (Å²) in [7, 11) is 0. The Morgan fingerprint density at radius 2 is 2.24 bits per heavy atom. The van der Waals surface area contributed by atoms with Crippen LogP contribution in [0.4, 0.5) is 11.5 Å². The van der Waals surface area contributed by atoms with Crippen molar-refractivity contribution in [1.29, 1.82) is 0 Å². The summed E-state index contributed by atoms with van der Waals surface area (Å²) in [5, 5.41) is 0. The number of nitrogens with two attached hydrogens (primary N) is 1. The molecule has 0 aliphatic carbocycles. The Hall–Kier alpha value is -1.29. The van der Waals surface area contributed by atoms with Crippen molar-refractivity contribution < 1.29 is 0 Å². The molecule has 2 N–H and O–H groups in total. The largest absolute Gasteiger partial charge is 0.397 e. The summed E-state index contributed by atoms with van der Waals surface area (Å²) >= 11 is 0. The third kappa shape index (κ3) is 2.52. The second-order valence-corrected chi connectivity index (χ2v) is 4.82. The van der Waals surface area contributed by atoms with E-state index in [1.807, 2.05) is 6.92 Å². The van der Waals surface area contributed by atoms with E-state index in [9.17, 15) is 0 Å².